The Balaban J connectivity index is 1.85. The summed E-state index contributed by atoms with van der Waals surface area (Å²) in [5.74, 6) is -1.32. The fourth-order valence-electron chi connectivity index (χ4n) is 2.49. The molecule has 0 aromatic carbocycles. The highest BCUT2D eigenvalue weighted by Gasteiger charge is 2.46. The molecule has 0 radical (unpaired) electrons. The van der Waals surface area contributed by atoms with Crippen LogP contribution in [0.5, 0.6) is 0 Å². The van der Waals surface area contributed by atoms with E-state index in [1.54, 1.807) is 0 Å². The van der Waals surface area contributed by atoms with Crippen LogP contribution in [0.2, 0.25) is 0 Å². The lowest BCUT2D eigenvalue weighted by Crippen LogP contribution is -2.39. The molecule has 102 valence electrons. The molecule has 1 amide bonds. The quantitative estimate of drug-likeness (QED) is 0.815. The van der Waals surface area contributed by atoms with Crippen LogP contribution in [0, 0.1) is 5.92 Å². The van der Waals surface area contributed by atoms with E-state index < -0.39 is 11.6 Å². The number of amides is 1. The standard InChI is InChI=1S/C12H18FNO4/c13-12(11(16)17)3-4-14(8-12)10(15)7-9-1-5-18-6-2-9/h9H,1-8H2,(H,16,17). The smallest absolute Gasteiger partial charge is 0.343 e. The van der Waals surface area contributed by atoms with E-state index in [1.807, 2.05) is 0 Å². The Kier molecular flexibility index (Phi) is 3.85. The lowest BCUT2D eigenvalue weighted by atomic mass is 9.96. The van der Waals surface area contributed by atoms with Crippen molar-refractivity contribution in [1.82, 2.24) is 4.90 Å². The first kappa shape index (κ1) is 13.3. The highest BCUT2D eigenvalue weighted by Crippen LogP contribution is 2.28. The molecule has 1 N–H and O–H groups in total. The number of likely N-dealkylation sites (tertiary alicyclic amines) is 1. The van der Waals surface area contributed by atoms with E-state index in [9.17, 15) is 14.0 Å². The number of carbonyl (C=O) groups excluding carboxylic acids is 1. The van der Waals surface area contributed by atoms with Gasteiger partial charge in [-0.2, -0.15) is 0 Å². The third kappa shape index (κ3) is 2.80. The topological polar surface area (TPSA) is 66.8 Å². The van der Waals surface area contributed by atoms with E-state index >= 15 is 0 Å². The molecule has 2 saturated heterocycles. The molecular formula is C12H18FNO4. The summed E-state index contributed by atoms with van der Waals surface area (Å²) in [5.41, 5.74) is -2.26. The molecule has 0 aromatic rings. The summed E-state index contributed by atoms with van der Waals surface area (Å²) in [6.07, 6.45) is 1.96. The van der Waals surface area contributed by atoms with Crippen LogP contribution in [0.3, 0.4) is 0 Å². The van der Waals surface area contributed by atoms with Gasteiger partial charge >= 0.3 is 5.97 Å². The molecule has 0 aromatic heterocycles. The van der Waals surface area contributed by atoms with Crippen molar-refractivity contribution in [2.75, 3.05) is 26.3 Å². The summed E-state index contributed by atoms with van der Waals surface area (Å²) in [5, 5.41) is 8.76. The van der Waals surface area contributed by atoms with Gasteiger partial charge in [-0.3, -0.25) is 4.79 Å². The van der Waals surface area contributed by atoms with Crippen molar-refractivity contribution < 1.29 is 23.8 Å². The first-order valence-corrected chi connectivity index (χ1v) is 6.29. The maximum Gasteiger partial charge on any atom is 0.343 e. The summed E-state index contributed by atoms with van der Waals surface area (Å²) in [7, 11) is 0. The molecule has 0 bridgehead atoms. The molecule has 2 heterocycles. The van der Waals surface area contributed by atoms with Crippen molar-refractivity contribution in [2.24, 2.45) is 5.92 Å². The number of hydrogen-bond acceptors (Lipinski definition) is 3. The van der Waals surface area contributed by atoms with E-state index in [4.69, 9.17) is 9.84 Å². The Labute approximate surface area is 105 Å². The monoisotopic (exact) mass is 259 g/mol. The minimum Gasteiger partial charge on any atom is -0.479 e. The predicted molar refractivity (Wildman–Crippen MR) is 60.8 cm³/mol. The SMILES string of the molecule is O=C(CC1CCOCC1)N1CCC(F)(C(=O)O)C1. The second-order valence-electron chi connectivity index (χ2n) is 5.10. The van der Waals surface area contributed by atoms with Crippen LogP contribution in [0.15, 0.2) is 0 Å². The number of nitrogens with zero attached hydrogens (tertiary/aromatic N) is 1. The molecule has 2 aliphatic rings. The zero-order valence-electron chi connectivity index (χ0n) is 10.2. The molecular weight excluding hydrogens is 241 g/mol. The Morgan fingerprint density at radius 1 is 1.39 bits per heavy atom. The van der Waals surface area contributed by atoms with Gasteiger partial charge < -0.3 is 14.7 Å². The van der Waals surface area contributed by atoms with Crippen LogP contribution in [-0.4, -0.2) is 53.9 Å². The summed E-state index contributed by atoms with van der Waals surface area (Å²) in [6, 6.07) is 0. The Morgan fingerprint density at radius 2 is 2.06 bits per heavy atom. The number of carboxylic acid groups (broad SMARTS) is 1. The largest absolute Gasteiger partial charge is 0.479 e. The Bertz CT molecular complexity index is 343. The minimum atomic E-state index is -2.26. The van der Waals surface area contributed by atoms with Gasteiger partial charge in [0, 0.05) is 32.6 Å². The average molecular weight is 259 g/mol. The van der Waals surface area contributed by atoms with Crippen molar-refractivity contribution >= 4 is 11.9 Å². The van der Waals surface area contributed by atoms with Crippen LogP contribution >= 0.6 is 0 Å². The van der Waals surface area contributed by atoms with Gasteiger partial charge in [-0.1, -0.05) is 0 Å². The van der Waals surface area contributed by atoms with E-state index in [1.165, 1.54) is 4.90 Å². The van der Waals surface area contributed by atoms with Crippen LogP contribution in [-0.2, 0) is 14.3 Å². The molecule has 1 atom stereocenters. The second-order valence-corrected chi connectivity index (χ2v) is 5.10. The summed E-state index contributed by atoms with van der Waals surface area (Å²) in [4.78, 5) is 24.0. The van der Waals surface area contributed by atoms with Gasteiger partial charge in [0.1, 0.15) is 0 Å². The van der Waals surface area contributed by atoms with Gasteiger partial charge in [-0.15, -0.1) is 0 Å². The van der Waals surface area contributed by atoms with E-state index in [-0.39, 0.29) is 31.3 Å². The van der Waals surface area contributed by atoms with E-state index in [0.29, 0.717) is 19.6 Å². The minimum absolute atomic E-state index is 0.109. The highest BCUT2D eigenvalue weighted by molar-refractivity contribution is 5.82. The molecule has 2 rings (SSSR count). The molecule has 1 unspecified atom stereocenters. The van der Waals surface area contributed by atoms with E-state index in [0.717, 1.165) is 12.8 Å². The normalized spacial score (nSPS) is 29.5. The van der Waals surface area contributed by atoms with Gasteiger partial charge in [0.2, 0.25) is 11.6 Å². The number of hydrogen-bond donors (Lipinski definition) is 1. The third-order valence-electron chi connectivity index (χ3n) is 3.76. The van der Waals surface area contributed by atoms with Gasteiger partial charge in [-0.25, -0.2) is 9.18 Å². The second kappa shape index (κ2) is 5.22. The lowest BCUT2D eigenvalue weighted by Gasteiger charge is -2.24. The van der Waals surface area contributed by atoms with Crippen molar-refractivity contribution in [3.63, 3.8) is 0 Å². The van der Waals surface area contributed by atoms with Crippen LogP contribution in [0.4, 0.5) is 4.39 Å². The number of ether oxygens (including phenoxy) is 1. The molecule has 2 aliphatic heterocycles. The van der Waals surface area contributed by atoms with Gasteiger partial charge in [0.25, 0.3) is 0 Å². The zero-order valence-corrected chi connectivity index (χ0v) is 10.2. The fourth-order valence-corrected chi connectivity index (χ4v) is 2.49. The molecule has 5 nitrogen and oxygen atoms in total. The number of aliphatic carboxylic acids is 1. The number of alkyl halides is 1. The fraction of sp³-hybridized carbons (Fsp3) is 0.833. The van der Waals surface area contributed by atoms with Crippen LogP contribution in [0.1, 0.15) is 25.7 Å². The highest BCUT2D eigenvalue weighted by atomic mass is 19.1. The molecule has 0 spiro atoms. The predicted octanol–water partition coefficient (Wildman–Crippen LogP) is 0.828. The average Bonchev–Trinajstić information content (AvgIpc) is 2.75. The molecule has 18 heavy (non-hydrogen) atoms. The molecule has 0 saturated carbocycles. The van der Waals surface area contributed by atoms with Gasteiger partial charge in [0.05, 0.1) is 6.54 Å². The zero-order chi connectivity index (χ0) is 13.2. The number of halogens is 1. The number of carbonyl (C=O) groups is 2. The first-order chi connectivity index (χ1) is 8.51. The van der Waals surface area contributed by atoms with Crippen LogP contribution in [0.25, 0.3) is 0 Å². The van der Waals surface area contributed by atoms with Crippen molar-refractivity contribution in [2.45, 2.75) is 31.4 Å². The number of rotatable bonds is 3. The van der Waals surface area contributed by atoms with Gasteiger partial charge in [0.15, 0.2) is 0 Å². The van der Waals surface area contributed by atoms with Gasteiger partial charge in [-0.05, 0) is 18.8 Å². The third-order valence-corrected chi connectivity index (χ3v) is 3.76. The summed E-state index contributed by atoms with van der Waals surface area (Å²) < 4.78 is 19.0. The maximum atomic E-state index is 13.8. The van der Waals surface area contributed by atoms with Crippen molar-refractivity contribution in [1.29, 1.82) is 0 Å². The maximum absolute atomic E-state index is 13.8. The summed E-state index contributed by atoms with van der Waals surface area (Å²) in [6.45, 7) is 1.22. The van der Waals surface area contributed by atoms with E-state index in [2.05, 4.69) is 0 Å². The van der Waals surface area contributed by atoms with Crippen molar-refractivity contribution in [3.05, 3.63) is 0 Å². The lowest BCUT2D eigenvalue weighted by molar-refractivity contribution is -0.150. The molecule has 0 aliphatic carbocycles. The Morgan fingerprint density at radius 3 is 2.61 bits per heavy atom. The summed E-state index contributed by atoms with van der Waals surface area (Å²) >= 11 is 0. The van der Waals surface area contributed by atoms with Crippen LogP contribution < -0.4 is 0 Å². The first-order valence-electron chi connectivity index (χ1n) is 6.29. The molecule has 2 fully saturated rings. The Hall–Kier alpha value is -1.17. The van der Waals surface area contributed by atoms with Crippen molar-refractivity contribution in [3.8, 4) is 0 Å². The molecule has 6 heteroatoms. The number of carboxylic acids is 1.